The molecule has 0 bridgehead atoms. The maximum Gasteiger partial charge on any atom is 0.319 e. The van der Waals surface area contributed by atoms with Crippen molar-refractivity contribution in [2.45, 2.75) is 38.5 Å². The molecule has 1 saturated heterocycles. The number of aromatic nitrogens is 3. The standard InChI is InChI=1S/C20H25N5O2/c26-20(23-17-13-22-25(14-17)15-18-6-3-12-27-18)21-9-4-10-24-11-8-16-5-1-2-7-19(16)24/h1-2,5,7-8,11,13-14,18H,3-4,6,9-10,12,15H2,(H2,21,23,26). The molecule has 0 spiro atoms. The predicted molar refractivity (Wildman–Crippen MR) is 105 cm³/mol. The largest absolute Gasteiger partial charge is 0.376 e. The molecule has 0 saturated carbocycles. The molecule has 0 aliphatic carbocycles. The Hall–Kier alpha value is -2.80. The van der Waals surface area contributed by atoms with Gasteiger partial charge in [-0.3, -0.25) is 4.68 Å². The number of fused-ring (bicyclic) bond motifs is 1. The molecule has 27 heavy (non-hydrogen) atoms. The number of hydrogen-bond acceptors (Lipinski definition) is 3. The molecule has 1 fully saturated rings. The van der Waals surface area contributed by atoms with Crippen LogP contribution in [0.3, 0.4) is 0 Å². The number of urea groups is 1. The summed E-state index contributed by atoms with van der Waals surface area (Å²) in [6.07, 6.45) is 8.87. The molecule has 2 N–H and O–H groups in total. The third-order valence-corrected chi connectivity index (χ3v) is 4.85. The average Bonchev–Trinajstić information content (AvgIpc) is 3.41. The summed E-state index contributed by atoms with van der Waals surface area (Å²) in [5, 5.41) is 11.3. The number of nitrogens with zero attached hydrogens (tertiary/aromatic N) is 3. The monoisotopic (exact) mass is 367 g/mol. The highest BCUT2D eigenvalue weighted by Gasteiger charge is 2.16. The van der Waals surface area contributed by atoms with Crippen molar-refractivity contribution in [2.75, 3.05) is 18.5 Å². The summed E-state index contributed by atoms with van der Waals surface area (Å²) in [5.74, 6) is 0. The first-order valence-electron chi connectivity index (χ1n) is 9.51. The molecule has 1 atom stereocenters. The highest BCUT2D eigenvalue weighted by Crippen LogP contribution is 2.16. The molecule has 0 radical (unpaired) electrons. The smallest absolute Gasteiger partial charge is 0.319 e. The molecule has 1 unspecified atom stereocenters. The van der Waals surface area contributed by atoms with Gasteiger partial charge < -0.3 is 19.9 Å². The van der Waals surface area contributed by atoms with Gasteiger partial charge in [-0.25, -0.2) is 4.79 Å². The van der Waals surface area contributed by atoms with Crippen molar-refractivity contribution >= 4 is 22.6 Å². The molecule has 4 rings (SSSR count). The van der Waals surface area contributed by atoms with Gasteiger partial charge in [0.1, 0.15) is 0 Å². The molecule has 1 aromatic carbocycles. The third kappa shape index (κ3) is 4.49. The molecular weight excluding hydrogens is 342 g/mol. The fourth-order valence-electron chi connectivity index (χ4n) is 3.49. The molecule has 7 nitrogen and oxygen atoms in total. The van der Waals surface area contributed by atoms with Crippen LogP contribution in [0, 0.1) is 0 Å². The first-order chi connectivity index (χ1) is 13.3. The van der Waals surface area contributed by atoms with Gasteiger partial charge in [-0.2, -0.15) is 5.10 Å². The Morgan fingerprint density at radius 1 is 1.30 bits per heavy atom. The number of amides is 2. The highest BCUT2D eigenvalue weighted by molar-refractivity contribution is 5.88. The van der Waals surface area contributed by atoms with Gasteiger partial charge >= 0.3 is 6.03 Å². The van der Waals surface area contributed by atoms with E-state index in [1.165, 1.54) is 10.9 Å². The van der Waals surface area contributed by atoms with Gasteiger partial charge in [0.05, 0.1) is 24.5 Å². The van der Waals surface area contributed by atoms with E-state index < -0.39 is 0 Å². The zero-order valence-corrected chi connectivity index (χ0v) is 15.3. The Bertz CT molecular complexity index is 895. The van der Waals surface area contributed by atoms with Crippen LogP contribution in [0.25, 0.3) is 10.9 Å². The van der Waals surface area contributed by atoms with Crippen LogP contribution in [0.5, 0.6) is 0 Å². The second-order valence-corrected chi connectivity index (χ2v) is 6.89. The van der Waals surface area contributed by atoms with Crippen LogP contribution in [-0.4, -0.2) is 39.6 Å². The predicted octanol–water partition coefficient (Wildman–Crippen LogP) is 3.23. The SMILES string of the molecule is O=C(NCCCn1ccc2ccccc21)Nc1cnn(CC2CCCO2)c1. The van der Waals surface area contributed by atoms with E-state index in [9.17, 15) is 4.79 Å². The Kier molecular flexibility index (Phi) is 5.39. The first-order valence-corrected chi connectivity index (χ1v) is 9.51. The zero-order valence-electron chi connectivity index (χ0n) is 15.3. The average molecular weight is 367 g/mol. The number of aryl methyl sites for hydroxylation is 1. The lowest BCUT2D eigenvalue weighted by Crippen LogP contribution is -2.29. The summed E-state index contributed by atoms with van der Waals surface area (Å²) in [7, 11) is 0. The third-order valence-electron chi connectivity index (χ3n) is 4.85. The number of ether oxygens (including phenoxy) is 1. The van der Waals surface area contributed by atoms with Crippen LogP contribution in [0.4, 0.5) is 10.5 Å². The molecule has 2 aromatic heterocycles. The van der Waals surface area contributed by atoms with Gasteiger partial charge in [-0.05, 0) is 36.8 Å². The number of hydrogen-bond donors (Lipinski definition) is 2. The van der Waals surface area contributed by atoms with Crippen molar-refractivity contribution in [3.05, 3.63) is 48.9 Å². The van der Waals surface area contributed by atoms with Gasteiger partial charge in [0.2, 0.25) is 0 Å². The maximum atomic E-state index is 12.0. The molecule has 2 amide bonds. The second kappa shape index (κ2) is 8.26. The van der Waals surface area contributed by atoms with Gasteiger partial charge in [-0.1, -0.05) is 18.2 Å². The van der Waals surface area contributed by atoms with Crippen LogP contribution in [0.1, 0.15) is 19.3 Å². The van der Waals surface area contributed by atoms with Crippen molar-refractivity contribution < 1.29 is 9.53 Å². The van der Waals surface area contributed by atoms with Gasteiger partial charge in [0, 0.05) is 37.6 Å². The van der Waals surface area contributed by atoms with Crippen LogP contribution >= 0.6 is 0 Å². The minimum atomic E-state index is -0.205. The summed E-state index contributed by atoms with van der Waals surface area (Å²) >= 11 is 0. The highest BCUT2D eigenvalue weighted by atomic mass is 16.5. The number of para-hydroxylation sites is 1. The van der Waals surface area contributed by atoms with E-state index in [0.717, 1.165) is 39.0 Å². The van der Waals surface area contributed by atoms with Crippen molar-refractivity contribution in [3.8, 4) is 0 Å². The van der Waals surface area contributed by atoms with E-state index in [2.05, 4.69) is 44.7 Å². The maximum absolute atomic E-state index is 12.0. The number of carbonyl (C=O) groups excluding carboxylic acids is 1. The van der Waals surface area contributed by atoms with Crippen molar-refractivity contribution in [1.29, 1.82) is 0 Å². The lowest BCUT2D eigenvalue weighted by molar-refractivity contribution is 0.0940. The van der Waals surface area contributed by atoms with Crippen LogP contribution in [-0.2, 0) is 17.8 Å². The van der Waals surface area contributed by atoms with Gasteiger partial charge in [-0.15, -0.1) is 0 Å². The zero-order chi connectivity index (χ0) is 18.5. The summed E-state index contributed by atoms with van der Waals surface area (Å²) < 4.78 is 9.64. The van der Waals surface area contributed by atoms with E-state index in [4.69, 9.17) is 4.74 Å². The Morgan fingerprint density at radius 2 is 2.22 bits per heavy atom. The van der Waals surface area contributed by atoms with Crippen molar-refractivity contribution in [3.63, 3.8) is 0 Å². The number of rotatable bonds is 7. The molecule has 3 aromatic rings. The fraction of sp³-hybridized carbons (Fsp3) is 0.400. The van der Waals surface area contributed by atoms with E-state index in [0.29, 0.717) is 12.2 Å². The van der Waals surface area contributed by atoms with E-state index in [-0.39, 0.29) is 12.1 Å². The van der Waals surface area contributed by atoms with Gasteiger partial charge in [0.25, 0.3) is 0 Å². The Labute approximate surface area is 158 Å². The van der Waals surface area contributed by atoms with Crippen molar-refractivity contribution in [2.24, 2.45) is 0 Å². The molecule has 7 heteroatoms. The molecule has 1 aliphatic rings. The number of benzene rings is 1. The molecule has 142 valence electrons. The van der Waals surface area contributed by atoms with Crippen LogP contribution in [0.2, 0.25) is 0 Å². The number of nitrogens with one attached hydrogen (secondary N) is 2. The van der Waals surface area contributed by atoms with Crippen molar-refractivity contribution in [1.82, 2.24) is 19.7 Å². The van der Waals surface area contributed by atoms with E-state index in [1.807, 2.05) is 23.0 Å². The fourth-order valence-corrected chi connectivity index (χ4v) is 3.49. The van der Waals surface area contributed by atoms with E-state index >= 15 is 0 Å². The summed E-state index contributed by atoms with van der Waals surface area (Å²) in [6, 6.07) is 10.2. The molecular formula is C20H25N5O2. The quantitative estimate of drug-likeness (QED) is 0.630. The minimum absolute atomic E-state index is 0.205. The van der Waals surface area contributed by atoms with E-state index in [1.54, 1.807) is 6.20 Å². The molecule has 1 aliphatic heterocycles. The Balaban J connectivity index is 1.19. The Morgan fingerprint density at radius 3 is 3.11 bits per heavy atom. The lowest BCUT2D eigenvalue weighted by atomic mass is 10.2. The molecule has 3 heterocycles. The normalized spacial score (nSPS) is 16.7. The topological polar surface area (TPSA) is 73.1 Å². The second-order valence-electron chi connectivity index (χ2n) is 6.89. The minimum Gasteiger partial charge on any atom is -0.376 e. The number of carbonyl (C=O) groups is 1. The van der Waals surface area contributed by atoms with Gasteiger partial charge in [0.15, 0.2) is 0 Å². The summed E-state index contributed by atoms with van der Waals surface area (Å²) in [5.41, 5.74) is 1.92. The lowest BCUT2D eigenvalue weighted by Gasteiger charge is -2.09. The number of anilines is 1. The van der Waals surface area contributed by atoms with Crippen LogP contribution < -0.4 is 10.6 Å². The first kappa shape index (κ1) is 17.6. The van der Waals surface area contributed by atoms with Crippen LogP contribution in [0.15, 0.2) is 48.9 Å². The summed E-state index contributed by atoms with van der Waals surface area (Å²) in [4.78, 5) is 12.0. The summed E-state index contributed by atoms with van der Waals surface area (Å²) in [6.45, 7) is 3.04.